The third-order valence-corrected chi connectivity index (χ3v) is 4.32. The van der Waals surface area contributed by atoms with E-state index in [0.717, 1.165) is 13.1 Å². The predicted octanol–water partition coefficient (Wildman–Crippen LogP) is 1.76. The number of piperidine rings is 1. The van der Waals surface area contributed by atoms with Crippen molar-refractivity contribution in [2.45, 2.75) is 56.6 Å². The first-order chi connectivity index (χ1) is 7.72. The Hall–Kier alpha value is -0.120. The number of ether oxygens (including phenoxy) is 1. The van der Waals surface area contributed by atoms with Gasteiger partial charge in [-0.15, -0.1) is 0 Å². The number of methoxy groups -OCH3 is 1. The molecule has 0 amide bonds. The first-order valence-electron chi connectivity index (χ1n) is 6.76. The molecular formula is C13H26N2O. The zero-order valence-electron chi connectivity index (χ0n) is 10.6. The topological polar surface area (TPSA) is 38.5 Å². The van der Waals surface area contributed by atoms with Crippen LogP contribution >= 0.6 is 0 Å². The van der Waals surface area contributed by atoms with E-state index in [2.05, 4.69) is 4.90 Å². The van der Waals surface area contributed by atoms with Crippen LogP contribution < -0.4 is 5.73 Å². The normalized spacial score (nSPS) is 30.8. The van der Waals surface area contributed by atoms with Gasteiger partial charge in [-0.1, -0.05) is 12.8 Å². The fraction of sp³-hybridized carbons (Fsp3) is 1.00. The Kier molecular flexibility index (Phi) is 4.22. The van der Waals surface area contributed by atoms with E-state index >= 15 is 0 Å². The van der Waals surface area contributed by atoms with Crippen molar-refractivity contribution >= 4 is 0 Å². The molecule has 3 nitrogen and oxygen atoms in total. The Bertz CT molecular complexity index is 214. The van der Waals surface area contributed by atoms with Crippen molar-refractivity contribution in [2.75, 3.05) is 26.7 Å². The van der Waals surface area contributed by atoms with Crippen molar-refractivity contribution in [3.63, 3.8) is 0 Å². The average Bonchev–Trinajstić information content (AvgIpc) is 2.75. The lowest BCUT2D eigenvalue weighted by atomic mass is 9.94. The molecule has 0 radical (unpaired) electrons. The lowest BCUT2D eigenvalue weighted by Gasteiger charge is -2.34. The second kappa shape index (κ2) is 5.48. The molecule has 94 valence electrons. The fourth-order valence-electron chi connectivity index (χ4n) is 3.12. The first-order valence-corrected chi connectivity index (χ1v) is 6.76. The zero-order chi connectivity index (χ0) is 11.4. The first kappa shape index (κ1) is 12.3. The largest absolute Gasteiger partial charge is 0.380 e. The molecule has 1 heterocycles. The molecule has 2 fully saturated rings. The van der Waals surface area contributed by atoms with Crippen LogP contribution in [0.3, 0.4) is 0 Å². The fourth-order valence-corrected chi connectivity index (χ4v) is 3.12. The molecule has 1 saturated carbocycles. The number of nitrogens with two attached hydrogens (primary N) is 1. The van der Waals surface area contributed by atoms with Gasteiger partial charge in [0.05, 0.1) is 6.10 Å². The number of hydrogen-bond donors (Lipinski definition) is 1. The van der Waals surface area contributed by atoms with Crippen molar-refractivity contribution in [3.8, 4) is 0 Å². The molecule has 1 aliphatic carbocycles. The van der Waals surface area contributed by atoms with Crippen LogP contribution in [0.25, 0.3) is 0 Å². The molecule has 1 atom stereocenters. The Balaban J connectivity index is 1.72. The molecule has 1 saturated heterocycles. The number of hydrogen-bond acceptors (Lipinski definition) is 3. The number of rotatable bonds is 4. The predicted molar refractivity (Wildman–Crippen MR) is 66.5 cm³/mol. The maximum absolute atomic E-state index is 6.39. The summed E-state index contributed by atoms with van der Waals surface area (Å²) in [6.45, 7) is 3.50. The molecule has 16 heavy (non-hydrogen) atoms. The summed E-state index contributed by atoms with van der Waals surface area (Å²) in [4.78, 5) is 2.53. The van der Waals surface area contributed by atoms with Crippen LogP contribution in [0, 0.1) is 0 Å². The summed E-state index contributed by atoms with van der Waals surface area (Å²) >= 11 is 0. The van der Waals surface area contributed by atoms with E-state index in [0.29, 0.717) is 6.10 Å². The maximum atomic E-state index is 6.39. The highest BCUT2D eigenvalue weighted by Gasteiger charge is 2.30. The Morgan fingerprint density at radius 2 is 2.06 bits per heavy atom. The zero-order valence-corrected chi connectivity index (χ0v) is 10.6. The third kappa shape index (κ3) is 3.19. The van der Waals surface area contributed by atoms with E-state index < -0.39 is 0 Å². The van der Waals surface area contributed by atoms with Gasteiger partial charge in [0.1, 0.15) is 0 Å². The summed E-state index contributed by atoms with van der Waals surface area (Å²) in [6, 6.07) is 0. The molecule has 0 aromatic carbocycles. The second-order valence-corrected chi connectivity index (χ2v) is 5.62. The van der Waals surface area contributed by atoms with Crippen LogP contribution in [0.1, 0.15) is 44.9 Å². The molecule has 2 N–H and O–H groups in total. The van der Waals surface area contributed by atoms with Crippen LogP contribution in [-0.4, -0.2) is 43.3 Å². The summed E-state index contributed by atoms with van der Waals surface area (Å²) in [6.07, 6.45) is 9.24. The van der Waals surface area contributed by atoms with Gasteiger partial charge in [0.15, 0.2) is 0 Å². The highest BCUT2D eigenvalue weighted by molar-refractivity contribution is 4.90. The van der Waals surface area contributed by atoms with Gasteiger partial charge in [-0.3, -0.25) is 0 Å². The van der Waals surface area contributed by atoms with Crippen molar-refractivity contribution in [3.05, 3.63) is 0 Å². The standard InChI is InChI=1S/C13H26N2O/c1-16-12-5-4-9-15(11-12)10-8-13(14)6-2-3-7-13/h12H,2-11,14H2,1H3. The molecule has 0 aromatic rings. The van der Waals surface area contributed by atoms with Crippen molar-refractivity contribution in [2.24, 2.45) is 5.73 Å². The summed E-state index contributed by atoms with van der Waals surface area (Å²) in [5.41, 5.74) is 6.54. The van der Waals surface area contributed by atoms with Crippen LogP contribution in [-0.2, 0) is 4.74 Å². The summed E-state index contributed by atoms with van der Waals surface area (Å²) < 4.78 is 5.45. The number of likely N-dealkylation sites (tertiary alicyclic amines) is 1. The van der Waals surface area contributed by atoms with E-state index in [-0.39, 0.29) is 5.54 Å². The van der Waals surface area contributed by atoms with Gasteiger partial charge in [-0.25, -0.2) is 0 Å². The summed E-state index contributed by atoms with van der Waals surface area (Å²) in [7, 11) is 1.83. The molecule has 3 heteroatoms. The van der Waals surface area contributed by atoms with Crippen LogP contribution in [0.4, 0.5) is 0 Å². The monoisotopic (exact) mass is 226 g/mol. The molecule has 0 bridgehead atoms. The lowest BCUT2D eigenvalue weighted by Crippen LogP contribution is -2.44. The van der Waals surface area contributed by atoms with E-state index in [1.54, 1.807) is 0 Å². The highest BCUT2D eigenvalue weighted by Crippen LogP contribution is 2.30. The quantitative estimate of drug-likeness (QED) is 0.794. The van der Waals surface area contributed by atoms with Gasteiger partial charge in [0.25, 0.3) is 0 Å². The molecule has 0 spiro atoms. The third-order valence-electron chi connectivity index (χ3n) is 4.32. The van der Waals surface area contributed by atoms with Crippen molar-refractivity contribution in [1.82, 2.24) is 4.90 Å². The van der Waals surface area contributed by atoms with E-state index in [4.69, 9.17) is 10.5 Å². The van der Waals surface area contributed by atoms with E-state index in [1.165, 1.54) is 51.5 Å². The minimum absolute atomic E-state index is 0.153. The Labute approximate surface area is 99.3 Å². The van der Waals surface area contributed by atoms with Crippen molar-refractivity contribution < 1.29 is 4.74 Å². The molecule has 2 aliphatic rings. The van der Waals surface area contributed by atoms with Gasteiger partial charge < -0.3 is 15.4 Å². The molecule has 1 aliphatic heterocycles. The summed E-state index contributed by atoms with van der Waals surface area (Å²) in [5.74, 6) is 0. The Morgan fingerprint density at radius 3 is 2.75 bits per heavy atom. The van der Waals surface area contributed by atoms with Crippen molar-refractivity contribution in [1.29, 1.82) is 0 Å². The molecule has 2 rings (SSSR count). The highest BCUT2D eigenvalue weighted by atomic mass is 16.5. The van der Waals surface area contributed by atoms with Gasteiger partial charge in [-0.2, -0.15) is 0 Å². The van der Waals surface area contributed by atoms with Gasteiger partial charge in [0, 0.05) is 19.2 Å². The molecule has 1 unspecified atom stereocenters. The SMILES string of the molecule is COC1CCCN(CCC2(N)CCCC2)C1. The number of nitrogens with zero attached hydrogens (tertiary/aromatic N) is 1. The smallest absolute Gasteiger partial charge is 0.0698 e. The van der Waals surface area contributed by atoms with Crippen LogP contribution in [0.15, 0.2) is 0 Å². The Morgan fingerprint density at radius 1 is 1.31 bits per heavy atom. The van der Waals surface area contributed by atoms with Gasteiger partial charge in [-0.05, 0) is 45.2 Å². The summed E-state index contributed by atoms with van der Waals surface area (Å²) in [5, 5.41) is 0. The van der Waals surface area contributed by atoms with E-state index in [1.807, 2.05) is 7.11 Å². The maximum Gasteiger partial charge on any atom is 0.0698 e. The molecule has 0 aromatic heterocycles. The average molecular weight is 226 g/mol. The van der Waals surface area contributed by atoms with Crippen LogP contribution in [0.5, 0.6) is 0 Å². The minimum atomic E-state index is 0.153. The minimum Gasteiger partial charge on any atom is -0.380 e. The molecular weight excluding hydrogens is 200 g/mol. The van der Waals surface area contributed by atoms with Gasteiger partial charge >= 0.3 is 0 Å². The van der Waals surface area contributed by atoms with Gasteiger partial charge in [0.2, 0.25) is 0 Å². The second-order valence-electron chi connectivity index (χ2n) is 5.62. The van der Waals surface area contributed by atoms with E-state index in [9.17, 15) is 0 Å². The van der Waals surface area contributed by atoms with Crippen LogP contribution in [0.2, 0.25) is 0 Å². The lowest BCUT2D eigenvalue weighted by molar-refractivity contribution is 0.0289.